The van der Waals surface area contributed by atoms with Crippen LogP contribution in [-0.4, -0.2) is 55.6 Å². The summed E-state index contributed by atoms with van der Waals surface area (Å²) < 4.78 is 56.0. The van der Waals surface area contributed by atoms with Crippen LogP contribution < -0.4 is 0 Å². The third-order valence-electron chi connectivity index (χ3n) is 6.71. The maximum atomic E-state index is 13.4. The molecule has 0 aliphatic heterocycles. The van der Waals surface area contributed by atoms with E-state index < -0.39 is 29.4 Å². The second-order valence-electron chi connectivity index (χ2n) is 10.1. The van der Waals surface area contributed by atoms with Crippen molar-refractivity contribution in [3.05, 3.63) is 108 Å². The second kappa shape index (κ2) is 18.6. The largest absolute Gasteiger partial charge is 0.463 e. The molecule has 44 heavy (non-hydrogen) atoms. The number of likely N-dealkylation sites (N-methyl/N-ethyl adjacent to an activating group) is 1. The van der Waals surface area contributed by atoms with Gasteiger partial charge in [0.05, 0.1) is 37.0 Å². The molecule has 0 aliphatic rings. The third-order valence-corrected chi connectivity index (χ3v) is 7.39. The van der Waals surface area contributed by atoms with E-state index in [9.17, 15) is 22.8 Å². The molecule has 0 aromatic heterocycles. The number of aryl methyl sites for hydroxylation is 1. The molecule has 0 saturated carbocycles. The lowest BCUT2D eigenvalue weighted by Crippen LogP contribution is -2.48. The first-order valence-corrected chi connectivity index (χ1v) is 15.2. The Morgan fingerprint density at radius 3 is 2.05 bits per heavy atom. The first kappa shape index (κ1) is 38.8. The number of carbonyl (C=O) groups excluding carboxylic acids is 2. The van der Waals surface area contributed by atoms with Gasteiger partial charge in [-0.2, -0.15) is 13.2 Å². The van der Waals surface area contributed by atoms with Crippen molar-refractivity contribution in [2.75, 3.05) is 38.7 Å². The number of nitrogens with zero attached hydrogens (tertiary/aromatic N) is 1. The molecule has 0 radical (unpaired) electrons. The fraction of sp³-hybridized carbons (Fsp3) is 0.412. The first-order valence-electron chi connectivity index (χ1n) is 14.1. The number of ether oxygens (including phenoxy) is 3. The SMILES string of the molecule is C=C(CBr)C(=O)OCC.C=CC[C@@](CO[C@H](C)c1cc(C)cc(C(F)(F)F)c1)(c1ccccc1)N(C)CC(=C)C(=O)OCC. The zero-order chi connectivity index (χ0) is 33.5. The summed E-state index contributed by atoms with van der Waals surface area (Å²) >= 11 is 3.08. The van der Waals surface area contributed by atoms with Gasteiger partial charge in [-0.05, 0) is 64.4 Å². The topological polar surface area (TPSA) is 65.1 Å². The number of alkyl halides is 4. The minimum Gasteiger partial charge on any atom is -0.463 e. The molecule has 2 rings (SSSR count). The summed E-state index contributed by atoms with van der Waals surface area (Å²) in [5.74, 6) is -0.803. The molecular formula is C34H43BrF3NO5. The van der Waals surface area contributed by atoms with Gasteiger partial charge in [-0.25, -0.2) is 9.59 Å². The monoisotopic (exact) mass is 681 g/mol. The maximum absolute atomic E-state index is 13.4. The molecule has 0 bridgehead atoms. The highest BCUT2D eigenvalue weighted by Crippen LogP contribution is 2.36. The van der Waals surface area contributed by atoms with Crippen LogP contribution in [0.1, 0.15) is 55.5 Å². The summed E-state index contributed by atoms with van der Waals surface area (Å²) in [4.78, 5) is 24.8. The van der Waals surface area contributed by atoms with Gasteiger partial charge in [0.2, 0.25) is 0 Å². The molecule has 242 valence electrons. The smallest absolute Gasteiger partial charge is 0.416 e. The van der Waals surface area contributed by atoms with Crippen LogP contribution in [0.25, 0.3) is 0 Å². The van der Waals surface area contributed by atoms with Gasteiger partial charge in [-0.3, -0.25) is 4.90 Å². The van der Waals surface area contributed by atoms with Crippen molar-refractivity contribution in [1.82, 2.24) is 4.90 Å². The standard InChI is InChI=1S/C28H34F3NO3.C6H9BrO2/c1-7-14-27(24-12-10-9-11-13-24,32(6)18-21(4)26(33)34-8-2)19-35-22(5)23-15-20(3)16-25(17-23)28(29,30)31;1-3-9-6(8)5(2)4-7/h7,9-13,15-17,22H,1,4,8,14,18-19H2,2-3,5-6H3;2-4H2,1H3/t22-,27-;/m1./s1. The average Bonchev–Trinajstić information content (AvgIpc) is 2.98. The van der Waals surface area contributed by atoms with Gasteiger partial charge in [0.15, 0.2) is 0 Å². The number of esters is 2. The van der Waals surface area contributed by atoms with Crippen LogP contribution in [0.5, 0.6) is 0 Å². The summed E-state index contributed by atoms with van der Waals surface area (Å²) in [5.41, 5.74) is 1.17. The number of hydrogen-bond acceptors (Lipinski definition) is 6. The minimum absolute atomic E-state index is 0.145. The van der Waals surface area contributed by atoms with Crippen molar-refractivity contribution in [1.29, 1.82) is 0 Å². The van der Waals surface area contributed by atoms with Crippen LogP contribution in [0.4, 0.5) is 13.2 Å². The summed E-state index contributed by atoms with van der Waals surface area (Å²) in [6.07, 6.45) is -2.81. The van der Waals surface area contributed by atoms with E-state index in [4.69, 9.17) is 9.47 Å². The van der Waals surface area contributed by atoms with E-state index in [1.165, 1.54) is 0 Å². The zero-order valence-corrected chi connectivity index (χ0v) is 27.7. The van der Waals surface area contributed by atoms with Crippen molar-refractivity contribution in [2.45, 2.75) is 51.9 Å². The van der Waals surface area contributed by atoms with E-state index in [0.29, 0.717) is 40.6 Å². The van der Waals surface area contributed by atoms with Crippen LogP contribution in [-0.2, 0) is 35.5 Å². The Morgan fingerprint density at radius 2 is 1.55 bits per heavy atom. The van der Waals surface area contributed by atoms with Crippen LogP contribution in [0.2, 0.25) is 0 Å². The average molecular weight is 683 g/mol. The highest BCUT2D eigenvalue weighted by molar-refractivity contribution is 9.09. The third kappa shape index (κ3) is 11.7. The lowest BCUT2D eigenvalue weighted by atomic mass is 9.85. The summed E-state index contributed by atoms with van der Waals surface area (Å²) in [6, 6.07) is 13.6. The van der Waals surface area contributed by atoms with Crippen molar-refractivity contribution >= 4 is 27.9 Å². The van der Waals surface area contributed by atoms with Crippen molar-refractivity contribution in [2.24, 2.45) is 0 Å². The van der Waals surface area contributed by atoms with Gasteiger partial charge in [0, 0.05) is 23.0 Å². The zero-order valence-electron chi connectivity index (χ0n) is 26.1. The molecular weight excluding hydrogens is 639 g/mol. The van der Waals surface area contributed by atoms with Gasteiger partial charge in [-0.15, -0.1) is 6.58 Å². The molecule has 0 saturated heterocycles. The number of benzene rings is 2. The minimum atomic E-state index is -4.44. The molecule has 0 amide bonds. The predicted octanol–water partition coefficient (Wildman–Crippen LogP) is 8.11. The van der Waals surface area contributed by atoms with Gasteiger partial charge < -0.3 is 14.2 Å². The van der Waals surface area contributed by atoms with Crippen LogP contribution in [0.3, 0.4) is 0 Å². The second-order valence-corrected chi connectivity index (χ2v) is 10.7. The number of halogens is 4. The van der Waals surface area contributed by atoms with Crippen LogP contribution >= 0.6 is 15.9 Å². The molecule has 2 atom stereocenters. The van der Waals surface area contributed by atoms with Gasteiger partial charge >= 0.3 is 18.1 Å². The molecule has 0 heterocycles. The Kier molecular flexibility index (Phi) is 16.4. The molecule has 0 N–H and O–H groups in total. The number of hydrogen-bond donors (Lipinski definition) is 0. The highest BCUT2D eigenvalue weighted by atomic mass is 79.9. The number of carbonyl (C=O) groups is 2. The van der Waals surface area contributed by atoms with E-state index in [1.54, 1.807) is 39.8 Å². The lowest BCUT2D eigenvalue weighted by Gasteiger charge is -2.42. The summed E-state index contributed by atoms with van der Waals surface area (Å²) in [7, 11) is 1.85. The summed E-state index contributed by atoms with van der Waals surface area (Å²) in [5, 5.41) is 0.478. The van der Waals surface area contributed by atoms with E-state index in [-0.39, 0.29) is 25.7 Å². The van der Waals surface area contributed by atoms with E-state index in [1.807, 2.05) is 42.3 Å². The molecule has 6 nitrogen and oxygen atoms in total. The Bertz CT molecular complexity index is 1270. The Morgan fingerprint density at radius 1 is 0.977 bits per heavy atom. The van der Waals surface area contributed by atoms with Crippen molar-refractivity contribution in [3.63, 3.8) is 0 Å². The molecule has 2 aromatic rings. The van der Waals surface area contributed by atoms with Gasteiger partial charge in [0.25, 0.3) is 0 Å². The molecule has 0 spiro atoms. The predicted molar refractivity (Wildman–Crippen MR) is 171 cm³/mol. The normalized spacial score (nSPS) is 13.1. The van der Waals surface area contributed by atoms with E-state index >= 15 is 0 Å². The maximum Gasteiger partial charge on any atom is 0.416 e. The fourth-order valence-electron chi connectivity index (χ4n) is 4.33. The molecule has 0 unspecified atom stereocenters. The van der Waals surface area contributed by atoms with Gasteiger partial charge in [-0.1, -0.05) is 77.1 Å². The van der Waals surface area contributed by atoms with E-state index in [2.05, 4.69) is 40.4 Å². The molecule has 2 aromatic carbocycles. The molecule has 10 heteroatoms. The Labute approximate surface area is 267 Å². The first-order chi connectivity index (χ1) is 20.7. The van der Waals surface area contributed by atoms with Gasteiger partial charge in [0.1, 0.15) is 0 Å². The van der Waals surface area contributed by atoms with Crippen LogP contribution in [0, 0.1) is 6.92 Å². The lowest BCUT2D eigenvalue weighted by molar-refractivity contribution is -0.139. The highest BCUT2D eigenvalue weighted by Gasteiger charge is 2.38. The van der Waals surface area contributed by atoms with Crippen molar-refractivity contribution < 1.29 is 37.0 Å². The van der Waals surface area contributed by atoms with Crippen molar-refractivity contribution in [3.8, 4) is 0 Å². The number of rotatable bonds is 15. The Hall–Kier alpha value is -3.21. The molecule has 0 fully saturated rings. The van der Waals surface area contributed by atoms with E-state index in [0.717, 1.165) is 17.7 Å². The quantitative estimate of drug-likeness (QED) is 0.0819. The molecule has 0 aliphatic carbocycles. The fourth-order valence-corrected chi connectivity index (χ4v) is 4.56. The van der Waals surface area contributed by atoms with Crippen LogP contribution in [0.15, 0.2) is 85.5 Å². The Balaban J connectivity index is 0.000000930. The summed E-state index contributed by atoms with van der Waals surface area (Å²) in [6.45, 7) is 19.1.